The van der Waals surface area contributed by atoms with Crippen molar-refractivity contribution in [3.05, 3.63) is 82.5 Å². The van der Waals surface area contributed by atoms with Gasteiger partial charge in [0, 0.05) is 6.20 Å². The first kappa shape index (κ1) is 22.0. The van der Waals surface area contributed by atoms with E-state index in [1.807, 2.05) is 78.9 Å². The molecule has 0 saturated heterocycles. The Balaban J connectivity index is 1.69. The second-order valence-electron chi connectivity index (χ2n) is 7.24. The summed E-state index contributed by atoms with van der Waals surface area (Å²) in [7, 11) is 0. The maximum absolute atomic E-state index is 12.9. The zero-order chi connectivity index (χ0) is 22.5. The van der Waals surface area contributed by atoms with Gasteiger partial charge in [0.1, 0.15) is 6.61 Å². The quantitative estimate of drug-likeness (QED) is 0.500. The van der Waals surface area contributed by atoms with E-state index >= 15 is 0 Å². The minimum absolute atomic E-state index is 0.306. The highest BCUT2D eigenvalue weighted by Crippen LogP contribution is 2.43. The van der Waals surface area contributed by atoms with E-state index in [1.165, 1.54) is 11.8 Å². The van der Waals surface area contributed by atoms with Crippen molar-refractivity contribution in [3.8, 4) is 11.5 Å². The number of carbonyl (C=O) groups is 1. The van der Waals surface area contributed by atoms with Crippen LogP contribution in [0.2, 0.25) is 0 Å². The monoisotopic (exact) mass is 450 g/mol. The van der Waals surface area contributed by atoms with Gasteiger partial charge in [-0.2, -0.15) is 0 Å². The summed E-state index contributed by atoms with van der Waals surface area (Å²) in [6.07, 6.45) is 1.94. The normalized spacial score (nSPS) is 17.2. The number of hydrogen-bond acceptors (Lipinski definition) is 7. The molecule has 0 spiro atoms. The fourth-order valence-electron chi connectivity index (χ4n) is 3.72. The van der Waals surface area contributed by atoms with E-state index in [0.717, 1.165) is 16.3 Å². The molecule has 2 aromatic rings. The lowest BCUT2D eigenvalue weighted by Gasteiger charge is -2.33. The van der Waals surface area contributed by atoms with Crippen molar-refractivity contribution >= 4 is 22.9 Å². The number of amidine groups is 1. The molecule has 2 heterocycles. The molecule has 7 heteroatoms. The van der Waals surface area contributed by atoms with E-state index in [0.29, 0.717) is 42.6 Å². The van der Waals surface area contributed by atoms with Gasteiger partial charge in [-0.05, 0) is 49.4 Å². The Morgan fingerprint density at radius 1 is 1.06 bits per heavy atom. The maximum Gasteiger partial charge on any atom is 0.338 e. The maximum atomic E-state index is 12.9. The third-order valence-corrected chi connectivity index (χ3v) is 5.91. The molecule has 0 aliphatic carbocycles. The average molecular weight is 451 g/mol. The van der Waals surface area contributed by atoms with Gasteiger partial charge in [-0.1, -0.05) is 48.2 Å². The Labute approximate surface area is 192 Å². The number of nitrogens with zero attached hydrogens (tertiary/aromatic N) is 2. The summed E-state index contributed by atoms with van der Waals surface area (Å²) >= 11 is 1.53. The van der Waals surface area contributed by atoms with E-state index in [-0.39, 0.29) is 12.0 Å². The van der Waals surface area contributed by atoms with Gasteiger partial charge in [-0.15, -0.1) is 0 Å². The lowest BCUT2D eigenvalue weighted by atomic mass is 9.94. The first-order valence-corrected chi connectivity index (χ1v) is 11.5. The first-order valence-electron chi connectivity index (χ1n) is 10.6. The van der Waals surface area contributed by atoms with Gasteiger partial charge in [-0.3, -0.25) is 0 Å². The fourth-order valence-corrected chi connectivity index (χ4v) is 4.51. The van der Waals surface area contributed by atoms with Crippen LogP contribution in [0.4, 0.5) is 0 Å². The smallest absolute Gasteiger partial charge is 0.338 e. The number of thioether (sulfide) groups is 1. The Kier molecular flexibility index (Phi) is 6.85. The molecule has 2 aliphatic rings. The van der Waals surface area contributed by atoms with Crippen LogP contribution in [0.3, 0.4) is 0 Å². The van der Waals surface area contributed by atoms with E-state index in [9.17, 15) is 4.79 Å². The van der Waals surface area contributed by atoms with Crippen molar-refractivity contribution in [1.82, 2.24) is 4.90 Å². The number of esters is 1. The van der Waals surface area contributed by atoms with Gasteiger partial charge in [0.25, 0.3) is 0 Å². The van der Waals surface area contributed by atoms with Crippen LogP contribution in [0.5, 0.6) is 11.5 Å². The Morgan fingerprint density at radius 2 is 1.88 bits per heavy atom. The molecule has 0 bridgehead atoms. The van der Waals surface area contributed by atoms with Crippen LogP contribution in [0, 0.1) is 0 Å². The molecule has 0 unspecified atom stereocenters. The molecule has 0 aromatic heterocycles. The molecule has 0 amide bonds. The minimum atomic E-state index is -0.356. The summed E-state index contributed by atoms with van der Waals surface area (Å²) in [5.41, 5.74) is 3.18. The van der Waals surface area contributed by atoms with Gasteiger partial charge in [0.05, 0.1) is 30.5 Å². The Bertz CT molecular complexity index is 1080. The van der Waals surface area contributed by atoms with Gasteiger partial charge >= 0.3 is 5.97 Å². The summed E-state index contributed by atoms with van der Waals surface area (Å²) in [4.78, 5) is 19.5. The molecule has 2 aromatic carbocycles. The molecule has 6 nitrogen and oxygen atoms in total. The highest BCUT2D eigenvalue weighted by Gasteiger charge is 2.37. The molecule has 1 atom stereocenters. The predicted molar refractivity (Wildman–Crippen MR) is 126 cm³/mol. The number of fused-ring (bicyclic) bond motifs is 1. The molecule has 0 radical (unpaired) electrons. The number of allylic oxidation sites excluding steroid dienone is 1. The molecule has 0 saturated carbocycles. The van der Waals surface area contributed by atoms with Gasteiger partial charge in [0.2, 0.25) is 0 Å². The Hall–Kier alpha value is -3.19. The summed E-state index contributed by atoms with van der Waals surface area (Å²) in [6.45, 7) is 6.84. The van der Waals surface area contributed by atoms with Crippen molar-refractivity contribution in [2.45, 2.75) is 33.4 Å². The number of benzene rings is 2. The highest BCUT2D eigenvalue weighted by molar-refractivity contribution is 8.16. The predicted octanol–water partition coefficient (Wildman–Crippen LogP) is 5.43. The van der Waals surface area contributed by atoms with Crippen LogP contribution in [0.25, 0.3) is 0 Å². The molecule has 0 N–H and O–H groups in total. The molecule has 0 fully saturated rings. The SMILES string of the molecule is CCOC(=O)C1=C(C)N=C2SC=CN2[C@H]1c1ccc(OCc2ccccc2)c(OCC)c1. The molecular formula is C25H26N2O4S. The lowest BCUT2D eigenvalue weighted by molar-refractivity contribution is -0.139. The minimum Gasteiger partial charge on any atom is -0.490 e. The van der Waals surface area contributed by atoms with Gasteiger partial charge < -0.3 is 19.1 Å². The van der Waals surface area contributed by atoms with Gasteiger partial charge in [0.15, 0.2) is 16.7 Å². The molecule has 32 heavy (non-hydrogen) atoms. The van der Waals surface area contributed by atoms with Crippen LogP contribution < -0.4 is 9.47 Å². The topological polar surface area (TPSA) is 60.4 Å². The van der Waals surface area contributed by atoms with Gasteiger partial charge in [-0.25, -0.2) is 9.79 Å². The van der Waals surface area contributed by atoms with Crippen molar-refractivity contribution in [2.75, 3.05) is 13.2 Å². The lowest BCUT2D eigenvalue weighted by Crippen LogP contribution is -2.34. The van der Waals surface area contributed by atoms with Crippen LogP contribution in [0.15, 0.2) is 76.4 Å². The zero-order valence-electron chi connectivity index (χ0n) is 18.4. The summed E-state index contributed by atoms with van der Waals surface area (Å²) in [5.74, 6) is 0.945. The Morgan fingerprint density at radius 3 is 2.62 bits per heavy atom. The first-order chi connectivity index (χ1) is 15.6. The molecule has 4 rings (SSSR count). The number of hydrogen-bond donors (Lipinski definition) is 0. The second-order valence-corrected chi connectivity index (χ2v) is 8.11. The molecular weight excluding hydrogens is 424 g/mol. The number of ether oxygens (including phenoxy) is 3. The average Bonchev–Trinajstić information content (AvgIpc) is 3.26. The summed E-state index contributed by atoms with van der Waals surface area (Å²) in [5, 5.41) is 2.80. The third kappa shape index (κ3) is 4.53. The molecule has 166 valence electrons. The van der Waals surface area contributed by atoms with E-state index in [4.69, 9.17) is 14.2 Å². The summed E-state index contributed by atoms with van der Waals surface area (Å²) < 4.78 is 17.3. The van der Waals surface area contributed by atoms with Crippen LogP contribution in [-0.4, -0.2) is 29.3 Å². The van der Waals surface area contributed by atoms with Crippen molar-refractivity contribution in [1.29, 1.82) is 0 Å². The number of aliphatic imine (C=N–C) groups is 1. The largest absolute Gasteiger partial charge is 0.490 e. The van der Waals surface area contributed by atoms with E-state index in [1.54, 1.807) is 6.92 Å². The number of rotatable bonds is 8. The zero-order valence-corrected chi connectivity index (χ0v) is 19.2. The number of carbonyl (C=O) groups excluding carboxylic acids is 1. The standard InChI is InChI=1S/C25H26N2O4S/c1-4-29-21-15-19(11-12-20(21)31-16-18-9-7-6-8-10-18)23-22(24(28)30-5-2)17(3)26-25-27(23)13-14-32-25/h6-15,23H,4-5,16H2,1-3H3/t23-/m0/s1. The van der Waals surface area contributed by atoms with Crippen molar-refractivity contribution in [3.63, 3.8) is 0 Å². The van der Waals surface area contributed by atoms with Crippen LogP contribution >= 0.6 is 11.8 Å². The van der Waals surface area contributed by atoms with E-state index < -0.39 is 0 Å². The van der Waals surface area contributed by atoms with Crippen molar-refractivity contribution in [2.24, 2.45) is 4.99 Å². The van der Waals surface area contributed by atoms with E-state index in [2.05, 4.69) is 4.99 Å². The second kappa shape index (κ2) is 9.96. The molecule has 2 aliphatic heterocycles. The summed E-state index contributed by atoms with van der Waals surface area (Å²) in [6, 6.07) is 15.5. The van der Waals surface area contributed by atoms with Crippen LogP contribution in [0.1, 0.15) is 37.9 Å². The fraction of sp³-hybridized carbons (Fsp3) is 0.280. The highest BCUT2D eigenvalue weighted by atomic mass is 32.2. The third-order valence-electron chi connectivity index (χ3n) is 5.14. The van der Waals surface area contributed by atoms with Crippen LogP contribution in [-0.2, 0) is 16.1 Å². The van der Waals surface area contributed by atoms with Crippen molar-refractivity contribution < 1.29 is 19.0 Å².